The average Bonchev–Trinajstić information content (AvgIpc) is 3.19. The Bertz CT molecular complexity index is 401. The highest BCUT2D eigenvalue weighted by Gasteiger charge is 2.41. The molecule has 1 aliphatic carbocycles. The molecule has 1 saturated carbocycles. The number of nitrogens with one attached hydrogen (secondary N) is 1. The van der Waals surface area contributed by atoms with Crippen molar-refractivity contribution in [2.45, 2.75) is 25.9 Å². The van der Waals surface area contributed by atoms with E-state index in [9.17, 15) is 4.79 Å². The van der Waals surface area contributed by atoms with Crippen molar-refractivity contribution in [3.63, 3.8) is 0 Å². The van der Waals surface area contributed by atoms with Crippen LogP contribution in [0.15, 0.2) is 30.3 Å². The van der Waals surface area contributed by atoms with Gasteiger partial charge >= 0.3 is 0 Å². The monoisotopic (exact) mass is 263 g/mol. The lowest BCUT2D eigenvalue weighted by atomic mass is 10.0. The van der Waals surface area contributed by atoms with Crippen molar-refractivity contribution in [1.82, 2.24) is 5.32 Å². The van der Waals surface area contributed by atoms with E-state index in [1.54, 1.807) is 0 Å². The SMILES string of the molecule is O=C(COCc1ccccc1)NCC1(CCO)CC1. The fourth-order valence-corrected chi connectivity index (χ4v) is 2.10. The molecule has 1 aromatic carbocycles. The van der Waals surface area contributed by atoms with E-state index in [0.29, 0.717) is 13.2 Å². The van der Waals surface area contributed by atoms with Crippen molar-refractivity contribution in [1.29, 1.82) is 0 Å². The normalized spacial score (nSPS) is 16.1. The third-order valence-electron chi connectivity index (χ3n) is 3.60. The summed E-state index contributed by atoms with van der Waals surface area (Å²) in [5.74, 6) is -0.0832. The fraction of sp³-hybridized carbons (Fsp3) is 0.533. The predicted octanol–water partition coefficient (Wildman–Crippen LogP) is 1.48. The molecule has 1 aliphatic rings. The number of carbonyl (C=O) groups is 1. The van der Waals surface area contributed by atoms with Crippen molar-refractivity contribution < 1.29 is 14.6 Å². The van der Waals surface area contributed by atoms with Crippen molar-refractivity contribution in [3.05, 3.63) is 35.9 Å². The minimum Gasteiger partial charge on any atom is -0.396 e. The van der Waals surface area contributed by atoms with Crippen LogP contribution in [0.2, 0.25) is 0 Å². The Morgan fingerprint density at radius 3 is 2.68 bits per heavy atom. The second-order valence-corrected chi connectivity index (χ2v) is 5.23. The Morgan fingerprint density at radius 1 is 1.32 bits per heavy atom. The molecular weight excluding hydrogens is 242 g/mol. The summed E-state index contributed by atoms with van der Waals surface area (Å²) in [5, 5.41) is 11.8. The first-order valence-electron chi connectivity index (χ1n) is 6.73. The summed E-state index contributed by atoms with van der Waals surface area (Å²) < 4.78 is 5.37. The van der Waals surface area contributed by atoms with Gasteiger partial charge in [-0.25, -0.2) is 0 Å². The summed E-state index contributed by atoms with van der Waals surface area (Å²) in [4.78, 5) is 11.6. The molecule has 0 saturated heterocycles. The van der Waals surface area contributed by atoms with Gasteiger partial charge in [-0.05, 0) is 30.2 Å². The quantitative estimate of drug-likeness (QED) is 0.747. The fourth-order valence-electron chi connectivity index (χ4n) is 2.10. The van der Waals surface area contributed by atoms with E-state index in [4.69, 9.17) is 9.84 Å². The van der Waals surface area contributed by atoms with Gasteiger partial charge < -0.3 is 15.2 Å². The van der Waals surface area contributed by atoms with Gasteiger partial charge in [0.1, 0.15) is 6.61 Å². The molecule has 104 valence electrons. The lowest BCUT2D eigenvalue weighted by molar-refractivity contribution is -0.126. The largest absolute Gasteiger partial charge is 0.396 e. The van der Waals surface area contributed by atoms with Crippen LogP contribution in [0, 0.1) is 5.41 Å². The molecule has 0 aromatic heterocycles. The van der Waals surface area contributed by atoms with Gasteiger partial charge in [0.25, 0.3) is 0 Å². The van der Waals surface area contributed by atoms with E-state index in [1.807, 2.05) is 30.3 Å². The van der Waals surface area contributed by atoms with Crippen LogP contribution < -0.4 is 5.32 Å². The minimum atomic E-state index is -0.0832. The molecule has 2 rings (SSSR count). The number of aliphatic hydroxyl groups is 1. The number of carbonyl (C=O) groups excluding carboxylic acids is 1. The smallest absolute Gasteiger partial charge is 0.246 e. The number of hydrogen-bond acceptors (Lipinski definition) is 3. The number of benzene rings is 1. The third kappa shape index (κ3) is 4.65. The zero-order chi connectivity index (χ0) is 13.6. The Morgan fingerprint density at radius 2 is 2.05 bits per heavy atom. The first-order chi connectivity index (χ1) is 9.24. The minimum absolute atomic E-state index is 0.0832. The summed E-state index contributed by atoms with van der Waals surface area (Å²) in [6.45, 7) is 1.39. The van der Waals surface area contributed by atoms with E-state index < -0.39 is 0 Å². The van der Waals surface area contributed by atoms with Crippen LogP contribution in [0.1, 0.15) is 24.8 Å². The molecule has 4 nitrogen and oxygen atoms in total. The third-order valence-corrected chi connectivity index (χ3v) is 3.60. The molecule has 0 atom stereocenters. The second kappa shape index (κ2) is 6.68. The second-order valence-electron chi connectivity index (χ2n) is 5.23. The van der Waals surface area contributed by atoms with E-state index in [0.717, 1.165) is 24.8 Å². The summed E-state index contributed by atoms with van der Waals surface area (Å²) in [7, 11) is 0. The molecule has 2 N–H and O–H groups in total. The molecule has 0 bridgehead atoms. The molecular formula is C15H21NO3. The van der Waals surface area contributed by atoms with E-state index in [2.05, 4.69) is 5.32 Å². The van der Waals surface area contributed by atoms with Gasteiger partial charge in [0.05, 0.1) is 6.61 Å². The lowest BCUT2D eigenvalue weighted by Gasteiger charge is -2.14. The van der Waals surface area contributed by atoms with E-state index in [1.165, 1.54) is 0 Å². The molecule has 0 heterocycles. The van der Waals surface area contributed by atoms with Crippen molar-refractivity contribution >= 4 is 5.91 Å². The molecule has 0 unspecified atom stereocenters. The maximum Gasteiger partial charge on any atom is 0.246 e. The van der Waals surface area contributed by atoms with E-state index >= 15 is 0 Å². The number of rotatable bonds is 8. The van der Waals surface area contributed by atoms with Gasteiger partial charge in [-0.3, -0.25) is 4.79 Å². The molecule has 0 spiro atoms. The van der Waals surface area contributed by atoms with Gasteiger partial charge in [0.2, 0.25) is 5.91 Å². The topological polar surface area (TPSA) is 58.6 Å². The zero-order valence-corrected chi connectivity index (χ0v) is 11.1. The Hall–Kier alpha value is -1.39. The molecule has 1 aromatic rings. The summed E-state index contributed by atoms with van der Waals surface area (Å²) in [5.41, 5.74) is 1.22. The Balaban J connectivity index is 1.60. The Kier molecular flexibility index (Phi) is 4.93. The number of ether oxygens (including phenoxy) is 1. The van der Waals surface area contributed by atoms with Gasteiger partial charge in [-0.1, -0.05) is 30.3 Å². The van der Waals surface area contributed by atoms with Crippen LogP contribution in [-0.4, -0.2) is 30.8 Å². The highest BCUT2D eigenvalue weighted by atomic mass is 16.5. The molecule has 19 heavy (non-hydrogen) atoms. The predicted molar refractivity (Wildman–Crippen MR) is 72.5 cm³/mol. The summed E-state index contributed by atoms with van der Waals surface area (Å²) in [6.07, 6.45) is 2.97. The molecule has 0 radical (unpaired) electrons. The van der Waals surface area contributed by atoms with Crippen LogP contribution >= 0.6 is 0 Å². The Labute approximate surface area is 113 Å². The first-order valence-corrected chi connectivity index (χ1v) is 6.73. The molecule has 1 fully saturated rings. The average molecular weight is 263 g/mol. The standard InChI is InChI=1S/C15H21NO3/c17-9-8-15(6-7-15)12-16-14(18)11-19-10-13-4-2-1-3-5-13/h1-5,17H,6-12H2,(H,16,18). The highest BCUT2D eigenvalue weighted by molar-refractivity contribution is 5.77. The van der Waals surface area contributed by atoms with E-state index in [-0.39, 0.29) is 24.5 Å². The number of amides is 1. The van der Waals surface area contributed by atoms with Gasteiger partial charge in [-0.2, -0.15) is 0 Å². The molecule has 0 aliphatic heterocycles. The summed E-state index contributed by atoms with van der Waals surface area (Å²) in [6, 6.07) is 9.79. The van der Waals surface area contributed by atoms with Crippen molar-refractivity contribution in [3.8, 4) is 0 Å². The molecule has 4 heteroatoms. The van der Waals surface area contributed by atoms with Gasteiger partial charge in [-0.15, -0.1) is 0 Å². The van der Waals surface area contributed by atoms with Crippen LogP contribution in [0.5, 0.6) is 0 Å². The molecule has 1 amide bonds. The van der Waals surface area contributed by atoms with Gasteiger partial charge in [0.15, 0.2) is 0 Å². The van der Waals surface area contributed by atoms with Crippen molar-refractivity contribution in [2.75, 3.05) is 19.8 Å². The maximum absolute atomic E-state index is 11.6. The van der Waals surface area contributed by atoms with Crippen LogP contribution in [0.3, 0.4) is 0 Å². The van der Waals surface area contributed by atoms with Crippen molar-refractivity contribution in [2.24, 2.45) is 5.41 Å². The van der Waals surface area contributed by atoms with Crippen LogP contribution in [0.25, 0.3) is 0 Å². The zero-order valence-electron chi connectivity index (χ0n) is 11.1. The lowest BCUT2D eigenvalue weighted by Crippen LogP contribution is -2.33. The number of aliphatic hydroxyl groups excluding tert-OH is 1. The summed E-state index contributed by atoms with van der Waals surface area (Å²) >= 11 is 0. The van der Waals surface area contributed by atoms with Gasteiger partial charge in [0, 0.05) is 13.2 Å². The van der Waals surface area contributed by atoms with Crippen LogP contribution in [-0.2, 0) is 16.1 Å². The highest BCUT2D eigenvalue weighted by Crippen LogP contribution is 2.47. The van der Waals surface area contributed by atoms with Crippen LogP contribution in [0.4, 0.5) is 0 Å². The first kappa shape index (κ1) is 14.0. The number of hydrogen-bond donors (Lipinski definition) is 2. The maximum atomic E-state index is 11.6.